The summed E-state index contributed by atoms with van der Waals surface area (Å²) in [5.74, 6) is -0.513. The van der Waals surface area contributed by atoms with Crippen molar-refractivity contribution in [2.45, 2.75) is 18.7 Å². The van der Waals surface area contributed by atoms with Crippen LogP contribution < -0.4 is 5.32 Å². The Morgan fingerprint density at radius 3 is 2.41 bits per heavy atom. The Hall–Kier alpha value is -1.49. The largest absolute Gasteiger partial charge is 0.480 e. The van der Waals surface area contributed by atoms with Crippen LogP contribution in [-0.4, -0.2) is 29.3 Å². The summed E-state index contributed by atoms with van der Waals surface area (Å²) < 4.78 is 0. The van der Waals surface area contributed by atoms with Crippen LogP contribution in [0.2, 0.25) is 0 Å². The first-order valence-corrected chi connectivity index (χ1v) is 6.55. The highest BCUT2D eigenvalue weighted by atomic mass is 32.2. The third-order valence-corrected chi connectivity index (χ3v) is 2.87. The second kappa shape index (κ2) is 6.30. The highest BCUT2D eigenvalue weighted by molar-refractivity contribution is 7.97. The average Bonchev–Trinajstić information content (AvgIpc) is 2.30. The maximum absolute atomic E-state index is 11.6. The van der Waals surface area contributed by atoms with Crippen molar-refractivity contribution < 1.29 is 14.7 Å². The molecule has 1 aromatic rings. The number of benzene rings is 1. The van der Waals surface area contributed by atoms with Gasteiger partial charge in [0.15, 0.2) is 0 Å². The quantitative estimate of drug-likeness (QED) is 0.839. The number of hydrogen-bond donors (Lipinski definition) is 2. The van der Waals surface area contributed by atoms with Gasteiger partial charge < -0.3 is 10.4 Å². The molecule has 17 heavy (non-hydrogen) atoms. The van der Waals surface area contributed by atoms with Gasteiger partial charge in [0.2, 0.25) is 0 Å². The van der Waals surface area contributed by atoms with Crippen molar-refractivity contribution in [3.8, 4) is 0 Å². The lowest BCUT2D eigenvalue weighted by atomic mass is 10.1. The van der Waals surface area contributed by atoms with Crippen LogP contribution in [0.15, 0.2) is 24.3 Å². The van der Waals surface area contributed by atoms with E-state index in [0.717, 1.165) is 11.3 Å². The number of carbonyl (C=O) groups is 2. The number of rotatable bonds is 5. The predicted octanol–water partition coefficient (Wildman–Crippen LogP) is 1.75. The number of hydrogen-bond acceptors (Lipinski definition) is 3. The summed E-state index contributed by atoms with van der Waals surface area (Å²) in [6, 6.07) is 6.27. The van der Waals surface area contributed by atoms with Gasteiger partial charge in [0.05, 0.1) is 0 Å². The Morgan fingerprint density at radius 2 is 1.94 bits per heavy atom. The minimum atomic E-state index is -1.04. The Kier molecular flexibility index (Phi) is 5.03. The predicted molar refractivity (Wildman–Crippen MR) is 68.2 cm³/mol. The molecule has 1 rings (SSSR count). The van der Waals surface area contributed by atoms with Crippen LogP contribution in [0.4, 0.5) is 0 Å². The van der Waals surface area contributed by atoms with Crippen LogP contribution in [0.1, 0.15) is 22.8 Å². The second-order valence-electron chi connectivity index (χ2n) is 3.66. The molecule has 1 aromatic carbocycles. The smallest absolute Gasteiger partial charge is 0.325 e. The molecule has 0 aromatic heterocycles. The van der Waals surface area contributed by atoms with Gasteiger partial charge in [0.1, 0.15) is 6.04 Å². The standard InChI is InChI=1S/C12H15NO3S/c1-8(12(15)16)13-11(14)10-5-3-9(4-6-10)7-17-2/h3-6,8H,7H2,1-2H3,(H,13,14)(H,15,16). The number of thioether (sulfide) groups is 1. The van der Waals surface area contributed by atoms with Crippen LogP contribution in [0.5, 0.6) is 0 Å². The van der Waals surface area contributed by atoms with E-state index >= 15 is 0 Å². The summed E-state index contributed by atoms with van der Waals surface area (Å²) in [7, 11) is 0. The molecule has 0 radical (unpaired) electrons. The van der Waals surface area contributed by atoms with E-state index < -0.39 is 12.0 Å². The van der Waals surface area contributed by atoms with E-state index in [4.69, 9.17) is 5.11 Å². The average molecular weight is 253 g/mol. The highest BCUT2D eigenvalue weighted by Crippen LogP contribution is 2.10. The Labute approximate surface area is 104 Å². The number of nitrogens with one attached hydrogen (secondary N) is 1. The Balaban J connectivity index is 2.66. The van der Waals surface area contributed by atoms with E-state index in [1.54, 1.807) is 23.9 Å². The molecular formula is C12H15NO3S. The van der Waals surface area contributed by atoms with Crippen molar-refractivity contribution in [3.63, 3.8) is 0 Å². The fourth-order valence-corrected chi connectivity index (χ4v) is 1.79. The van der Waals surface area contributed by atoms with Crippen LogP contribution >= 0.6 is 11.8 Å². The van der Waals surface area contributed by atoms with Gasteiger partial charge in [0.25, 0.3) is 5.91 Å². The minimum absolute atomic E-state index is 0.365. The van der Waals surface area contributed by atoms with Crippen LogP contribution in [0.25, 0.3) is 0 Å². The summed E-state index contributed by atoms with van der Waals surface area (Å²) in [4.78, 5) is 22.2. The van der Waals surface area contributed by atoms with Crippen molar-refractivity contribution >= 4 is 23.6 Å². The zero-order valence-electron chi connectivity index (χ0n) is 9.77. The summed E-state index contributed by atoms with van der Waals surface area (Å²) >= 11 is 1.71. The molecule has 0 bridgehead atoms. The summed E-state index contributed by atoms with van der Waals surface area (Å²) in [6.45, 7) is 1.43. The summed E-state index contributed by atoms with van der Waals surface area (Å²) in [5, 5.41) is 11.1. The first-order chi connectivity index (χ1) is 8.04. The van der Waals surface area contributed by atoms with Crippen molar-refractivity contribution in [2.75, 3.05) is 6.26 Å². The van der Waals surface area contributed by atoms with E-state index in [1.807, 2.05) is 18.4 Å². The maximum Gasteiger partial charge on any atom is 0.325 e. The Morgan fingerprint density at radius 1 is 1.35 bits per heavy atom. The molecule has 1 unspecified atom stereocenters. The molecule has 0 spiro atoms. The van der Waals surface area contributed by atoms with Crippen molar-refractivity contribution in [2.24, 2.45) is 0 Å². The van der Waals surface area contributed by atoms with E-state index in [-0.39, 0.29) is 5.91 Å². The molecular weight excluding hydrogens is 238 g/mol. The molecule has 2 N–H and O–H groups in total. The molecule has 0 aliphatic rings. The zero-order valence-corrected chi connectivity index (χ0v) is 10.6. The van der Waals surface area contributed by atoms with E-state index in [0.29, 0.717) is 5.56 Å². The third-order valence-electron chi connectivity index (χ3n) is 2.25. The normalized spacial score (nSPS) is 11.9. The van der Waals surface area contributed by atoms with Crippen molar-refractivity contribution in [3.05, 3.63) is 35.4 Å². The molecule has 5 heteroatoms. The van der Waals surface area contributed by atoms with Gasteiger partial charge in [-0.05, 0) is 30.9 Å². The first-order valence-electron chi connectivity index (χ1n) is 5.16. The third kappa shape index (κ3) is 4.11. The van der Waals surface area contributed by atoms with Gasteiger partial charge >= 0.3 is 5.97 Å². The van der Waals surface area contributed by atoms with Crippen molar-refractivity contribution in [1.29, 1.82) is 0 Å². The lowest BCUT2D eigenvalue weighted by Gasteiger charge is -2.09. The molecule has 0 aliphatic carbocycles. The summed E-state index contributed by atoms with van der Waals surface area (Å²) in [6.07, 6.45) is 2.01. The molecule has 0 aliphatic heterocycles. The van der Waals surface area contributed by atoms with E-state index in [2.05, 4.69) is 5.32 Å². The fourth-order valence-electron chi connectivity index (χ4n) is 1.26. The molecule has 0 fully saturated rings. The number of carboxylic acid groups (broad SMARTS) is 1. The molecule has 1 atom stereocenters. The van der Waals surface area contributed by atoms with E-state index in [1.165, 1.54) is 6.92 Å². The van der Waals surface area contributed by atoms with Crippen molar-refractivity contribution in [1.82, 2.24) is 5.32 Å². The molecule has 0 heterocycles. The van der Waals surface area contributed by atoms with Crippen LogP contribution in [0, 0.1) is 0 Å². The van der Waals surface area contributed by atoms with Gasteiger partial charge in [-0.15, -0.1) is 0 Å². The number of amides is 1. The van der Waals surface area contributed by atoms with Crippen LogP contribution in [-0.2, 0) is 10.5 Å². The zero-order chi connectivity index (χ0) is 12.8. The summed E-state index contributed by atoms with van der Waals surface area (Å²) in [5.41, 5.74) is 1.61. The van der Waals surface area contributed by atoms with Gasteiger partial charge in [0, 0.05) is 11.3 Å². The van der Waals surface area contributed by atoms with Gasteiger partial charge in [-0.1, -0.05) is 12.1 Å². The lowest BCUT2D eigenvalue weighted by Crippen LogP contribution is -2.38. The maximum atomic E-state index is 11.6. The molecule has 92 valence electrons. The number of aliphatic carboxylic acids is 1. The van der Waals surface area contributed by atoms with E-state index in [9.17, 15) is 9.59 Å². The molecule has 1 amide bonds. The SMILES string of the molecule is CSCc1ccc(C(=O)NC(C)C(=O)O)cc1. The minimum Gasteiger partial charge on any atom is -0.480 e. The van der Waals surface area contributed by atoms with Gasteiger partial charge in [-0.25, -0.2) is 0 Å². The first kappa shape index (κ1) is 13.6. The van der Waals surface area contributed by atoms with Gasteiger partial charge in [-0.3, -0.25) is 9.59 Å². The fraction of sp³-hybridized carbons (Fsp3) is 0.333. The molecule has 0 saturated heterocycles. The number of carbonyl (C=O) groups excluding carboxylic acids is 1. The Bertz CT molecular complexity index is 403. The highest BCUT2D eigenvalue weighted by Gasteiger charge is 2.14. The molecule has 0 saturated carbocycles. The number of carboxylic acids is 1. The topological polar surface area (TPSA) is 66.4 Å². The lowest BCUT2D eigenvalue weighted by molar-refractivity contribution is -0.138. The second-order valence-corrected chi connectivity index (χ2v) is 4.53. The molecule has 4 nitrogen and oxygen atoms in total. The van der Waals surface area contributed by atoms with Gasteiger partial charge in [-0.2, -0.15) is 11.8 Å². The monoisotopic (exact) mass is 253 g/mol. The van der Waals surface area contributed by atoms with Crippen LogP contribution in [0.3, 0.4) is 0 Å².